The van der Waals surface area contributed by atoms with Crippen LogP contribution in [0.3, 0.4) is 0 Å². The third kappa shape index (κ3) is 4.12. The van der Waals surface area contributed by atoms with Crippen molar-refractivity contribution in [1.29, 1.82) is 0 Å². The maximum atomic E-state index is 12.8. The lowest BCUT2D eigenvalue weighted by Crippen LogP contribution is -2.24. The fourth-order valence-electron chi connectivity index (χ4n) is 4.22. The number of nitrogens with zero attached hydrogens (tertiary/aromatic N) is 3. The topological polar surface area (TPSA) is 104 Å². The van der Waals surface area contributed by atoms with E-state index in [0.717, 1.165) is 11.1 Å². The number of nitrogens with one attached hydrogen (secondary N) is 1. The van der Waals surface area contributed by atoms with Gasteiger partial charge in [-0.3, -0.25) is 13.6 Å². The Labute approximate surface area is 204 Å². The van der Waals surface area contributed by atoms with Gasteiger partial charge in [0.1, 0.15) is 0 Å². The lowest BCUT2D eigenvalue weighted by molar-refractivity contribution is 0.0602. The van der Waals surface area contributed by atoms with Crippen molar-refractivity contribution in [3.63, 3.8) is 0 Å². The zero-order valence-corrected chi connectivity index (χ0v) is 19.8. The number of para-hydroxylation sites is 1. The number of esters is 1. The van der Waals surface area contributed by atoms with E-state index in [9.17, 15) is 9.00 Å². The van der Waals surface area contributed by atoms with Crippen LogP contribution < -0.4 is 9.46 Å². The third-order valence-electron chi connectivity index (χ3n) is 5.62. The van der Waals surface area contributed by atoms with Gasteiger partial charge in [-0.2, -0.15) is 9.19 Å². The van der Waals surface area contributed by atoms with Gasteiger partial charge in [-0.15, -0.1) is 0 Å². The summed E-state index contributed by atoms with van der Waals surface area (Å²) in [5.74, 6) is -0.138. The Kier molecular flexibility index (Phi) is 6.19. The summed E-state index contributed by atoms with van der Waals surface area (Å²) in [7, 11) is 1.35. The molecule has 0 saturated heterocycles. The summed E-state index contributed by atoms with van der Waals surface area (Å²) < 4.78 is 32.4. The first-order chi connectivity index (χ1) is 17.1. The number of aromatic nitrogens is 2. The quantitative estimate of drug-likeness (QED) is 0.396. The van der Waals surface area contributed by atoms with Crippen molar-refractivity contribution in [2.45, 2.75) is 13.0 Å². The first-order valence-corrected chi connectivity index (χ1v) is 12.0. The van der Waals surface area contributed by atoms with E-state index in [4.69, 9.17) is 18.7 Å². The number of imidazole rings is 1. The second-order valence-electron chi connectivity index (χ2n) is 7.61. The largest absolute Gasteiger partial charge is 0.465 e. The smallest absolute Gasteiger partial charge is 0.340 e. The van der Waals surface area contributed by atoms with E-state index >= 15 is 0 Å². The lowest BCUT2D eigenvalue weighted by atomic mass is 9.93. The summed E-state index contributed by atoms with van der Waals surface area (Å²) >= 11 is -1.76. The molecule has 0 spiro atoms. The Morgan fingerprint density at radius 1 is 1.09 bits per heavy atom. The van der Waals surface area contributed by atoms with E-state index in [0.29, 0.717) is 40.6 Å². The highest BCUT2D eigenvalue weighted by atomic mass is 32.2. The first kappa shape index (κ1) is 22.6. The number of carbonyl (C=O) groups is 1. The summed E-state index contributed by atoms with van der Waals surface area (Å²) in [5.41, 5.74) is 3.95. The predicted octanol–water partition coefficient (Wildman–Crippen LogP) is 3.72. The molecule has 0 fully saturated rings. The SMILES string of the molecule is CCOc1nc2cccc(C(=O)OC)c2n1C(c1ccccc1)c1ccccc1C1=NOS(=O)N1. The van der Waals surface area contributed by atoms with Crippen molar-refractivity contribution >= 4 is 34.1 Å². The van der Waals surface area contributed by atoms with Crippen LogP contribution in [0.25, 0.3) is 11.0 Å². The molecular weight excluding hydrogens is 468 g/mol. The van der Waals surface area contributed by atoms with E-state index in [1.165, 1.54) is 7.11 Å². The maximum absolute atomic E-state index is 12.8. The van der Waals surface area contributed by atoms with E-state index in [2.05, 4.69) is 9.88 Å². The summed E-state index contributed by atoms with van der Waals surface area (Å²) in [6.07, 6.45) is 0. The number of benzene rings is 3. The minimum Gasteiger partial charge on any atom is -0.465 e. The number of amidine groups is 1. The molecule has 3 aromatic carbocycles. The normalized spacial score (nSPS) is 15.7. The van der Waals surface area contributed by atoms with Gasteiger partial charge >= 0.3 is 17.2 Å². The van der Waals surface area contributed by atoms with Crippen molar-refractivity contribution in [3.8, 4) is 6.01 Å². The van der Waals surface area contributed by atoms with Crippen LogP contribution in [0.15, 0.2) is 78.0 Å². The second kappa shape index (κ2) is 9.59. The molecule has 4 aromatic rings. The number of methoxy groups -OCH3 is 1. The van der Waals surface area contributed by atoms with Gasteiger partial charge in [0.2, 0.25) is 0 Å². The van der Waals surface area contributed by atoms with Crippen LogP contribution in [0.1, 0.15) is 40.0 Å². The molecule has 10 heteroatoms. The molecule has 2 atom stereocenters. The number of hydrogen-bond donors (Lipinski definition) is 1. The fourth-order valence-corrected chi connectivity index (χ4v) is 4.70. The van der Waals surface area contributed by atoms with Gasteiger partial charge in [0.15, 0.2) is 5.84 Å². The zero-order valence-electron chi connectivity index (χ0n) is 19.0. The van der Waals surface area contributed by atoms with Gasteiger partial charge in [-0.25, -0.2) is 4.79 Å². The molecule has 1 aliphatic heterocycles. The standard InChI is InChI=1S/C25H22N4O5S/c1-3-33-25-26-20-15-9-14-19(24(30)32-2)22(20)29(25)21(16-10-5-4-6-11-16)17-12-7-8-13-18(17)23-27-34-35(31)28-23/h4-15,21H,3H2,1-2H3,(H,27,28). The van der Waals surface area contributed by atoms with Gasteiger partial charge in [-0.1, -0.05) is 60.7 Å². The minimum atomic E-state index is -1.76. The van der Waals surface area contributed by atoms with Gasteiger partial charge < -0.3 is 9.47 Å². The molecule has 0 amide bonds. The highest BCUT2D eigenvalue weighted by Gasteiger charge is 2.30. The summed E-state index contributed by atoms with van der Waals surface area (Å²) in [6, 6.07) is 22.5. The van der Waals surface area contributed by atoms with Crippen molar-refractivity contribution in [2.75, 3.05) is 13.7 Å². The van der Waals surface area contributed by atoms with Gasteiger partial charge in [0.05, 0.1) is 36.4 Å². The van der Waals surface area contributed by atoms with Crippen molar-refractivity contribution in [1.82, 2.24) is 14.3 Å². The van der Waals surface area contributed by atoms with Crippen LogP contribution in [-0.4, -0.2) is 39.3 Å². The monoisotopic (exact) mass is 490 g/mol. The number of rotatable bonds is 7. The Bertz CT molecular complexity index is 1450. The number of hydrogen-bond acceptors (Lipinski definition) is 7. The summed E-state index contributed by atoms with van der Waals surface area (Å²) in [4.78, 5) is 17.5. The molecule has 35 heavy (non-hydrogen) atoms. The highest BCUT2D eigenvalue weighted by Crippen LogP contribution is 2.38. The summed E-state index contributed by atoms with van der Waals surface area (Å²) in [5, 5.41) is 3.96. The fraction of sp³-hybridized carbons (Fsp3) is 0.160. The molecule has 0 radical (unpaired) electrons. The molecule has 0 bridgehead atoms. The van der Waals surface area contributed by atoms with Gasteiger partial charge in [0.25, 0.3) is 6.01 Å². The molecule has 178 valence electrons. The van der Waals surface area contributed by atoms with Crippen molar-refractivity contribution in [2.24, 2.45) is 5.16 Å². The van der Waals surface area contributed by atoms with Crippen LogP contribution in [0.5, 0.6) is 6.01 Å². The van der Waals surface area contributed by atoms with Crippen molar-refractivity contribution < 1.29 is 22.8 Å². The van der Waals surface area contributed by atoms with Crippen LogP contribution >= 0.6 is 0 Å². The maximum Gasteiger partial charge on any atom is 0.340 e. The van der Waals surface area contributed by atoms with Crippen LogP contribution in [0, 0.1) is 0 Å². The molecule has 2 unspecified atom stereocenters. The molecule has 0 aliphatic carbocycles. The van der Waals surface area contributed by atoms with Gasteiger partial charge in [0, 0.05) is 5.56 Å². The number of ether oxygens (including phenoxy) is 2. The molecule has 1 aromatic heterocycles. The van der Waals surface area contributed by atoms with E-state index in [-0.39, 0.29) is 0 Å². The average Bonchev–Trinajstić information content (AvgIpc) is 3.48. The molecule has 2 heterocycles. The average molecular weight is 491 g/mol. The van der Waals surface area contributed by atoms with Crippen LogP contribution in [0.2, 0.25) is 0 Å². The lowest BCUT2D eigenvalue weighted by Gasteiger charge is -2.25. The number of fused-ring (bicyclic) bond motifs is 1. The molecule has 1 N–H and O–H groups in total. The zero-order chi connectivity index (χ0) is 24.4. The third-order valence-corrected chi connectivity index (χ3v) is 6.19. The molecule has 0 saturated carbocycles. The van der Waals surface area contributed by atoms with Gasteiger partial charge in [-0.05, 0) is 35.3 Å². The Morgan fingerprint density at radius 3 is 2.57 bits per heavy atom. The molecular formula is C25H22N4O5S. The van der Waals surface area contributed by atoms with E-state index in [1.54, 1.807) is 12.1 Å². The minimum absolute atomic E-state index is 0.343. The predicted molar refractivity (Wildman–Crippen MR) is 131 cm³/mol. The van der Waals surface area contributed by atoms with Crippen molar-refractivity contribution in [3.05, 3.63) is 95.1 Å². The molecule has 1 aliphatic rings. The Morgan fingerprint density at radius 2 is 1.86 bits per heavy atom. The molecule has 5 rings (SSSR count). The van der Waals surface area contributed by atoms with E-state index in [1.807, 2.05) is 72.2 Å². The number of oxime groups is 1. The molecule has 9 nitrogen and oxygen atoms in total. The van der Waals surface area contributed by atoms with E-state index < -0.39 is 23.3 Å². The Balaban J connectivity index is 1.85. The van der Waals surface area contributed by atoms with Crippen LogP contribution in [-0.2, 0) is 20.3 Å². The first-order valence-electron chi connectivity index (χ1n) is 10.9. The summed E-state index contributed by atoms with van der Waals surface area (Å²) in [6.45, 7) is 2.25. The second-order valence-corrected chi connectivity index (χ2v) is 8.44. The van der Waals surface area contributed by atoms with Crippen LogP contribution in [0.4, 0.5) is 0 Å². The highest BCUT2D eigenvalue weighted by molar-refractivity contribution is 7.79. The Hall–Kier alpha value is -4.18. The number of carbonyl (C=O) groups excluding carboxylic acids is 1.